The third-order valence-electron chi connectivity index (χ3n) is 2.74. The maximum Gasteiger partial charge on any atom is 0.186 e. The Morgan fingerprint density at radius 1 is 1.05 bits per heavy atom. The zero-order valence-corrected chi connectivity index (χ0v) is 11.2. The highest BCUT2D eigenvalue weighted by Crippen LogP contribution is 2.28. The van der Waals surface area contributed by atoms with Gasteiger partial charge in [0, 0.05) is 5.56 Å². The van der Waals surface area contributed by atoms with Crippen LogP contribution in [0.15, 0.2) is 53.4 Å². The summed E-state index contributed by atoms with van der Waals surface area (Å²) in [7, 11) is -2.14. The number of hydrogen-bond donors (Lipinski definition) is 1. The second-order valence-electron chi connectivity index (χ2n) is 4.04. The minimum Gasteiger partial charge on any atom is -0.508 e. The van der Waals surface area contributed by atoms with Gasteiger partial charge in [0.15, 0.2) is 9.84 Å². The first-order chi connectivity index (χ1) is 9.04. The molecular formula is C14H14O4S. The Hall–Kier alpha value is -2.01. The number of aromatic hydroxyl groups is 1. The number of phenols is 1. The SMILES string of the molecule is COc1ccccc1S(=O)(=O)Cc1ccccc1O. The molecule has 100 valence electrons. The highest BCUT2D eigenvalue weighted by molar-refractivity contribution is 7.90. The van der Waals surface area contributed by atoms with Crippen molar-refractivity contribution in [3.63, 3.8) is 0 Å². The number of methoxy groups -OCH3 is 1. The van der Waals surface area contributed by atoms with Crippen molar-refractivity contribution in [2.24, 2.45) is 0 Å². The average Bonchev–Trinajstić information content (AvgIpc) is 2.41. The van der Waals surface area contributed by atoms with Gasteiger partial charge in [-0.25, -0.2) is 8.42 Å². The van der Waals surface area contributed by atoms with E-state index < -0.39 is 9.84 Å². The lowest BCUT2D eigenvalue weighted by atomic mass is 10.2. The van der Waals surface area contributed by atoms with E-state index in [0.29, 0.717) is 11.3 Å². The smallest absolute Gasteiger partial charge is 0.186 e. The molecular weight excluding hydrogens is 264 g/mol. The van der Waals surface area contributed by atoms with Gasteiger partial charge in [0.2, 0.25) is 0 Å². The van der Waals surface area contributed by atoms with Gasteiger partial charge in [-0.2, -0.15) is 0 Å². The van der Waals surface area contributed by atoms with Gasteiger partial charge in [-0.05, 0) is 18.2 Å². The number of rotatable bonds is 4. The van der Waals surface area contributed by atoms with E-state index in [4.69, 9.17) is 4.74 Å². The Labute approximate surface area is 112 Å². The summed E-state index contributed by atoms with van der Waals surface area (Å²) in [6.07, 6.45) is 0. The van der Waals surface area contributed by atoms with E-state index in [-0.39, 0.29) is 16.4 Å². The van der Waals surface area contributed by atoms with E-state index in [0.717, 1.165) is 0 Å². The number of benzene rings is 2. The van der Waals surface area contributed by atoms with Crippen molar-refractivity contribution in [1.29, 1.82) is 0 Å². The predicted octanol–water partition coefficient (Wildman–Crippen LogP) is 2.37. The summed E-state index contributed by atoms with van der Waals surface area (Å²) in [5.41, 5.74) is 0.369. The van der Waals surface area contributed by atoms with Crippen LogP contribution in [-0.2, 0) is 15.6 Å². The molecule has 0 spiro atoms. The molecule has 0 saturated heterocycles. The Morgan fingerprint density at radius 2 is 1.68 bits per heavy atom. The van der Waals surface area contributed by atoms with E-state index in [9.17, 15) is 13.5 Å². The second-order valence-corrected chi connectivity index (χ2v) is 6.00. The van der Waals surface area contributed by atoms with Gasteiger partial charge in [-0.1, -0.05) is 30.3 Å². The second kappa shape index (κ2) is 5.32. The molecule has 4 nitrogen and oxygen atoms in total. The molecule has 1 N–H and O–H groups in total. The van der Waals surface area contributed by atoms with Crippen LogP contribution < -0.4 is 4.74 Å². The zero-order chi connectivity index (χ0) is 13.9. The highest BCUT2D eigenvalue weighted by atomic mass is 32.2. The number of sulfone groups is 1. The lowest BCUT2D eigenvalue weighted by Gasteiger charge is -2.10. The van der Waals surface area contributed by atoms with Crippen LogP contribution in [0, 0.1) is 0 Å². The van der Waals surface area contributed by atoms with E-state index >= 15 is 0 Å². The Bertz CT molecular complexity index is 677. The molecule has 0 amide bonds. The van der Waals surface area contributed by atoms with Crippen molar-refractivity contribution in [3.8, 4) is 11.5 Å². The van der Waals surface area contributed by atoms with Crippen LogP contribution in [0.5, 0.6) is 11.5 Å². The van der Waals surface area contributed by atoms with Gasteiger partial charge in [-0.3, -0.25) is 0 Å². The molecule has 2 rings (SSSR count). The van der Waals surface area contributed by atoms with E-state index in [2.05, 4.69) is 0 Å². The van der Waals surface area contributed by atoms with Gasteiger partial charge in [-0.15, -0.1) is 0 Å². The molecule has 0 aromatic heterocycles. The average molecular weight is 278 g/mol. The number of phenolic OH excluding ortho intramolecular Hbond substituents is 1. The first-order valence-electron chi connectivity index (χ1n) is 5.67. The van der Waals surface area contributed by atoms with Gasteiger partial charge in [0.05, 0.1) is 12.9 Å². The van der Waals surface area contributed by atoms with Crippen molar-refractivity contribution in [3.05, 3.63) is 54.1 Å². The molecule has 0 saturated carbocycles. The van der Waals surface area contributed by atoms with Gasteiger partial charge < -0.3 is 9.84 Å². The van der Waals surface area contributed by atoms with Gasteiger partial charge >= 0.3 is 0 Å². The van der Waals surface area contributed by atoms with Crippen LogP contribution in [0.2, 0.25) is 0 Å². The standard InChI is InChI=1S/C14H14O4S/c1-18-13-8-4-5-9-14(13)19(16,17)10-11-6-2-3-7-12(11)15/h2-9,15H,10H2,1H3. The fraction of sp³-hybridized carbons (Fsp3) is 0.143. The van der Waals surface area contributed by atoms with Crippen molar-refractivity contribution < 1.29 is 18.3 Å². The van der Waals surface area contributed by atoms with Crippen molar-refractivity contribution in [2.45, 2.75) is 10.6 Å². The number of hydrogen-bond acceptors (Lipinski definition) is 4. The summed E-state index contributed by atoms with van der Waals surface area (Å²) in [5.74, 6) is 0.0129. The minimum absolute atomic E-state index is 0.0269. The topological polar surface area (TPSA) is 63.6 Å². The maximum atomic E-state index is 12.3. The minimum atomic E-state index is -3.56. The first kappa shape index (κ1) is 13.4. The van der Waals surface area contributed by atoms with E-state index in [1.54, 1.807) is 36.4 Å². The van der Waals surface area contributed by atoms with Gasteiger partial charge in [0.25, 0.3) is 0 Å². The molecule has 0 fully saturated rings. The molecule has 2 aromatic rings. The third kappa shape index (κ3) is 2.88. The molecule has 0 radical (unpaired) electrons. The van der Waals surface area contributed by atoms with Crippen molar-refractivity contribution in [1.82, 2.24) is 0 Å². The molecule has 5 heteroatoms. The van der Waals surface area contributed by atoms with Crippen LogP contribution in [0.25, 0.3) is 0 Å². The summed E-state index contributed by atoms with van der Waals surface area (Å²) in [6.45, 7) is 0. The molecule has 0 bridgehead atoms. The summed E-state index contributed by atoms with van der Waals surface area (Å²) in [4.78, 5) is 0.126. The molecule has 0 aliphatic rings. The predicted molar refractivity (Wildman–Crippen MR) is 72.0 cm³/mol. The maximum absolute atomic E-state index is 12.3. The van der Waals surface area contributed by atoms with Crippen molar-refractivity contribution in [2.75, 3.05) is 7.11 Å². The van der Waals surface area contributed by atoms with E-state index in [1.807, 2.05) is 0 Å². The lowest BCUT2D eigenvalue weighted by molar-refractivity contribution is 0.402. The highest BCUT2D eigenvalue weighted by Gasteiger charge is 2.20. The Balaban J connectivity index is 2.41. The number of para-hydroxylation sites is 2. The third-order valence-corrected chi connectivity index (χ3v) is 4.44. The fourth-order valence-electron chi connectivity index (χ4n) is 1.79. The van der Waals surface area contributed by atoms with Crippen LogP contribution in [0.4, 0.5) is 0 Å². The van der Waals surface area contributed by atoms with Gasteiger partial charge in [0.1, 0.15) is 16.4 Å². The molecule has 0 unspecified atom stereocenters. The molecule has 0 heterocycles. The zero-order valence-electron chi connectivity index (χ0n) is 10.4. The molecule has 0 aliphatic carbocycles. The lowest BCUT2D eigenvalue weighted by Crippen LogP contribution is -2.07. The summed E-state index contributed by atoms with van der Waals surface area (Å²) >= 11 is 0. The first-order valence-corrected chi connectivity index (χ1v) is 7.32. The summed E-state index contributed by atoms with van der Waals surface area (Å²) in [6, 6.07) is 12.8. The Morgan fingerprint density at radius 3 is 2.37 bits per heavy atom. The molecule has 2 aromatic carbocycles. The monoisotopic (exact) mass is 278 g/mol. The normalized spacial score (nSPS) is 11.2. The summed E-state index contributed by atoms with van der Waals surface area (Å²) < 4.78 is 29.7. The Kier molecular flexibility index (Phi) is 3.76. The molecule has 0 atom stereocenters. The van der Waals surface area contributed by atoms with E-state index in [1.165, 1.54) is 19.2 Å². The van der Waals surface area contributed by atoms with Crippen LogP contribution in [0.3, 0.4) is 0 Å². The van der Waals surface area contributed by atoms with Crippen LogP contribution in [-0.4, -0.2) is 20.6 Å². The van der Waals surface area contributed by atoms with Crippen LogP contribution >= 0.6 is 0 Å². The number of ether oxygens (including phenoxy) is 1. The summed E-state index contributed by atoms with van der Waals surface area (Å²) in [5, 5.41) is 9.65. The largest absolute Gasteiger partial charge is 0.508 e. The van der Waals surface area contributed by atoms with Crippen LogP contribution in [0.1, 0.15) is 5.56 Å². The van der Waals surface area contributed by atoms with Crippen molar-refractivity contribution >= 4 is 9.84 Å². The fourth-order valence-corrected chi connectivity index (χ4v) is 3.34. The quantitative estimate of drug-likeness (QED) is 0.932. The molecule has 0 aliphatic heterocycles. The molecule has 19 heavy (non-hydrogen) atoms.